The van der Waals surface area contributed by atoms with Crippen molar-refractivity contribution in [3.8, 4) is 11.6 Å². The smallest absolute Gasteiger partial charge is 0.266 e. The highest BCUT2D eigenvalue weighted by molar-refractivity contribution is 7.89. The first-order valence-corrected chi connectivity index (χ1v) is 10.8. The third-order valence-electron chi connectivity index (χ3n) is 4.11. The predicted molar refractivity (Wildman–Crippen MR) is 108 cm³/mol. The van der Waals surface area contributed by atoms with Crippen molar-refractivity contribution in [2.45, 2.75) is 31.2 Å². The summed E-state index contributed by atoms with van der Waals surface area (Å²) in [6, 6.07) is 10.9. The zero-order chi connectivity index (χ0) is 20.7. The highest BCUT2D eigenvalue weighted by Crippen LogP contribution is 2.16. The number of nitrogens with zero attached hydrogens (tertiary/aromatic N) is 4. The number of hydrogen-bond donors (Lipinski definition) is 1. The van der Waals surface area contributed by atoms with Crippen molar-refractivity contribution in [3.63, 3.8) is 0 Å². The molecule has 2 aromatic heterocycles. The van der Waals surface area contributed by atoms with Crippen molar-refractivity contribution in [2.24, 2.45) is 0 Å². The van der Waals surface area contributed by atoms with Crippen LogP contribution in [0.4, 0.5) is 0 Å². The van der Waals surface area contributed by atoms with Crippen molar-refractivity contribution in [1.82, 2.24) is 24.3 Å². The van der Waals surface area contributed by atoms with Crippen LogP contribution in [0.3, 0.4) is 0 Å². The normalized spacial score (nSPS) is 11.5. The summed E-state index contributed by atoms with van der Waals surface area (Å²) < 4.78 is 35.7. The maximum absolute atomic E-state index is 12.5. The Labute approximate surface area is 169 Å². The molecule has 0 aliphatic rings. The molecule has 10 heteroatoms. The molecule has 0 unspecified atom stereocenters. The number of nitrogens with one attached hydrogen (secondary N) is 1. The van der Waals surface area contributed by atoms with E-state index < -0.39 is 10.0 Å². The fourth-order valence-corrected chi connectivity index (χ4v) is 3.56. The SMILES string of the molecule is CCCCOc1ccc(S(=O)(=O)NCCn2nc(-n3cccn3)ccc2=O)cc1. The van der Waals surface area contributed by atoms with E-state index in [4.69, 9.17) is 4.74 Å². The van der Waals surface area contributed by atoms with Crippen LogP contribution in [-0.4, -0.2) is 41.1 Å². The lowest BCUT2D eigenvalue weighted by Gasteiger charge is -2.10. The number of unbranched alkanes of at least 4 members (excludes halogenated alkanes) is 1. The lowest BCUT2D eigenvalue weighted by atomic mass is 10.3. The molecule has 0 saturated carbocycles. The summed E-state index contributed by atoms with van der Waals surface area (Å²) in [5.74, 6) is 1.10. The molecular weight excluding hydrogens is 394 g/mol. The first-order valence-electron chi connectivity index (χ1n) is 9.30. The van der Waals surface area contributed by atoms with Gasteiger partial charge in [0.25, 0.3) is 5.56 Å². The second-order valence-corrected chi connectivity index (χ2v) is 8.04. The van der Waals surface area contributed by atoms with Gasteiger partial charge in [-0.3, -0.25) is 4.79 Å². The number of ether oxygens (including phenoxy) is 1. The van der Waals surface area contributed by atoms with Crippen molar-refractivity contribution < 1.29 is 13.2 Å². The number of sulfonamides is 1. The fourth-order valence-electron chi connectivity index (χ4n) is 2.54. The molecule has 1 aromatic carbocycles. The minimum atomic E-state index is -3.70. The maximum atomic E-state index is 12.5. The Morgan fingerprint density at radius 3 is 2.62 bits per heavy atom. The third-order valence-corrected chi connectivity index (χ3v) is 5.58. The van der Waals surface area contributed by atoms with Gasteiger partial charge in [-0.2, -0.15) is 5.10 Å². The van der Waals surface area contributed by atoms with Crippen molar-refractivity contribution >= 4 is 10.0 Å². The molecule has 3 rings (SSSR count). The van der Waals surface area contributed by atoms with Crippen LogP contribution in [0.25, 0.3) is 5.82 Å². The van der Waals surface area contributed by atoms with E-state index in [1.54, 1.807) is 36.7 Å². The van der Waals surface area contributed by atoms with Gasteiger partial charge in [0.15, 0.2) is 5.82 Å². The number of benzene rings is 1. The van der Waals surface area contributed by atoms with Gasteiger partial charge in [-0.05, 0) is 42.8 Å². The molecule has 29 heavy (non-hydrogen) atoms. The molecule has 154 valence electrons. The van der Waals surface area contributed by atoms with Crippen LogP contribution in [0.5, 0.6) is 5.75 Å². The third kappa shape index (κ3) is 5.52. The van der Waals surface area contributed by atoms with Crippen LogP contribution in [0, 0.1) is 0 Å². The Morgan fingerprint density at radius 1 is 1.14 bits per heavy atom. The van der Waals surface area contributed by atoms with Crippen LogP contribution >= 0.6 is 0 Å². The maximum Gasteiger partial charge on any atom is 0.266 e. The lowest BCUT2D eigenvalue weighted by molar-refractivity contribution is 0.309. The average molecular weight is 417 g/mol. The van der Waals surface area contributed by atoms with Crippen molar-refractivity contribution in [1.29, 1.82) is 0 Å². The summed E-state index contributed by atoms with van der Waals surface area (Å²) in [4.78, 5) is 12.1. The molecule has 0 atom stereocenters. The summed E-state index contributed by atoms with van der Waals surface area (Å²) in [5, 5.41) is 8.27. The van der Waals surface area contributed by atoms with E-state index in [-0.39, 0.29) is 23.5 Å². The largest absolute Gasteiger partial charge is 0.494 e. The van der Waals surface area contributed by atoms with Crippen LogP contribution in [-0.2, 0) is 16.6 Å². The first kappa shape index (κ1) is 20.7. The van der Waals surface area contributed by atoms with Crippen LogP contribution in [0.1, 0.15) is 19.8 Å². The monoisotopic (exact) mass is 417 g/mol. The summed E-state index contributed by atoms with van der Waals surface area (Å²) in [7, 11) is -3.70. The summed E-state index contributed by atoms with van der Waals surface area (Å²) >= 11 is 0. The lowest BCUT2D eigenvalue weighted by Crippen LogP contribution is -2.32. The molecule has 0 amide bonds. The quantitative estimate of drug-likeness (QED) is 0.502. The van der Waals surface area contributed by atoms with Crippen LogP contribution in [0.2, 0.25) is 0 Å². The molecule has 0 spiro atoms. The number of aromatic nitrogens is 4. The Kier molecular flexibility index (Phi) is 6.78. The Hall–Kier alpha value is -2.98. The van der Waals surface area contributed by atoms with E-state index in [1.165, 1.54) is 27.6 Å². The molecule has 0 fully saturated rings. The van der Waals surface area contributed by atoms with Crippen LogP contribution < -0.4 is 15.0 Å². The van der Waals surface area contributed by atoms with Crippen molar-refractivity contribution in [3.05, 3.63) is 65.2 Å². The second-order valence-electron chi connectivity index (χ2n) is 6.27. The van der Waals surface area contributed by atoms with E-state index in [9.17, 15) is 13.2 Å². The standard InChI is InChI=1S/C19H23N5O4S/c1-2-3-15-28-16-5-7-17(8-6-16)29(26,27)21-12-14-24-19(25)10-9-18(22-24)23-13-4-11-20-23/h4-11,13,21H,2-3,12,14-15H2,1H3. The molecular formula is C19H23N5O4S. The molecule has 0 aliphatic carbocycles. The van der Waals surface area contributed by atoms with Gasteiger partial charge in [0.2, 0.25) is 10.0 Å². The van der Waals surface area contributed by atoms with Crippen molar-refractivity contribution in [2.75, 3.05) is 13.2 Å². The van der Waals surface area contributed by atoms with Gasteiger partial charge in [-0.25, -0.2) is 22.5 Å². The van der Waals surface area contributed by atoms with E-state index >= 15 is 0 Å². The molecule has 1 N–H and O–H groups in total. The van der Waals surface area contributed by atoms with Gasteiger partial charge < -0.3 is 4.74 Å². The molecule has 9 nitrogen and oxygen atoms in total. The Balaban J connectivity index is 1.61. The van der Waals surface area contributed by atoms with Gasteiger partial charge in [0.05, 0.1) is 18.0 Å². The van der Waals surface area contributed by atoms with E-state index in [2.05, 4.69) is 21.8 Å². The van der Waals surface area contributed by atoms with Gasteiger partial charge in [-0.1, -0.05) is 13.3 Å². The molecule has 0 radical (unpaired) electrons. The van der Waals surface area contributed by atoms with E-state index in [1.807, 2.05) is 0 Å². The second kappa shape index (κ2) is 9.48. The van der Waals surface area contributed by atoms with Gasteiger partial charge in [0, 0.05) is 25.0 Å². The summed E-state index contributed by atoms with van der Waals surface area (Å²) in [6.45, 7) is 2.78. The Bertz CT molecular complexity index is 1080. The average Bonchev–Trinajstić information content (AvgIpc) is 3.25. The van der Waals surface area contributed by atoms with Crippen LogP contribution in [0.15, 0.2) is 64.5 Å². The highest BCUT2D eigenvalue weighted by Gasteiger charge is 2.14. The predicted octanol–water partition coefficient (Wildman–Crippen LogP) is 1.59. The zero-order valence-corrected chi connectivity index (χ0v) is 16.9. The van der Waals surface area contributed by atoms with E-state index in [0.29, 0.717) is 18.2 Å². The van der Waals surface area contributed by atoms with Gasteiger partial charge >= 0.3 is 0 Å². The molecule has 0 bridgehead atoms. The topological polar surface area (TPSA) is 108 Å². The zero-order valence-electron chi connectivity index (χ0n) is 16.1. The summed E-state index contributed by atoms with van der Waals surface area (Å²) in [5.41, 5.74) is -0.325. The number of hydrogen-bond acceptors (Lipinski definition) is 6. The molecule has 3 aromatic rings. The molecule has 0 saturated heterocycles. The minimum absolute atomic E-state index is 0.0204. The fraction of sp³-hybridized carbons (Fsp3) is 0.316. The molecule has 2 heterocycles. The van der Waals surface area contributed by atoms with Gasteiger partial charge in [0.1, 0.15) is 5.75 Å². The first-order chi connectivity index (χ1) is 14.0. The summed E-state index contributed by atoms with van der Waals surface area (Å²) in [6.07, 6.45) is 5.27. The Morgan fingerprint density at radius 2 is 1.93 bits per heavy atom. The molecule has 0 aliphatic heterocycles. The van der Waals surface area contributed by atoms with Gasteiger partial charge in [-0.15, -0.1) is 5.10 Å². The minimum Gasteiger partial charge on any atom is -0.494 e. The number of rotatable bonds is 10. The van der Waals surface area contributed by atoms with E-state index in [0.717, 1.165) is 12.8 Å². The highest BCUT2D eigenvalue weighted by atomic mass is 32.2.